The number of ether oxygens (including phenoxy) is 1. The summed E-state index contributed by atoms with van der Waals surface area (Å²) in [6.07, 6.45) is 0. The van der Waals surface area contributed by atoms with Gasteiger partial charge in [-0.2, -0.15) is 4.31 Å². The van der Waals surface area contributed by atoms with Crippen molar-refractivity contribution in [2.75, 3.05) is 18.6 Å². The summed E-state index contributed by atoms with van der Waals surface area (Å²) in [5, 5.41) is 3.31. The van der Waals surface area contributed by atoms with Crippen molar-refractivity contribution in [1.29, 1.82) is 0 Å². The highest BCUT2D eigenvalue weighted by Crippen LogP contribution is 2.28. The van der Waals surface area contributed by atoms with Crippen molar-refractivity contribution in [2.45, 2.75) is 30.1 Å². The second-order valence-electron chi connectivity index (χ2n) is 8.33. The monoisotopic (exact) mass is 500 g/mol. The van der Waals surface area contributed by atoms with Crippen LogP contribution in [-0.4, -0.2) is 51.8 Å². The average molecular weight is 501 g/mol. The molecule has 4 rings (SSSR count). The second-order valence-corrected chi connectivity index (χ2v) is 12.4. The van der Waals surface area contributed by atoms with Crippen LogP contribution in [0.2, 0.25) is 0 Å². The van der Waals surface area contributed by atoms with Crippen LogP contribution in [0.5, 0.6) is 5.75 Å². The Morgan fingerprint density at radius 1 is 0.882 bits per heavy atom. The Bertz CT molecular complexity index is 1300. The smallest absolute Gasteiger partial charge is 0.243 e. The van der Waals surface area contributed by atoms with Crippen LogP contribution < -0.4 is 10.1 Å². The summed E-state index contributed by atoms with van der Waals surface area (Å²) < 4.78 is 59.5. The third kappa shape index (κ3) is 5.67. The van der Waals surface area contributed by atoms with Crippen molar-refractivity contribution in [3.8, 4) is 5.75 Å². The molecule has 34 heavy (non-hydrogen) atoms. The number of methoxy groups -OCH3 is 1. The Morgan fingerprint density at radius 3 is 2.06 bits per heavy atom. The number of sulfonamides is 1. The largest absolute Gasteiger partial charge is 0.497 e. The van der Waals surface area contributed by atoms with Gasteiger partial charge in [-0.3, -0.25) is 0 Å². The standard InChI is InChI=1S/C25H28N2O5S2/c1-32-22-12-14-23(15-13-22)34(30,31)27(17-21-10-6-3-7-11-21)25-19-33(28,29)18-24(25)26-16-20-8-4-2-5-9-20/h2-15,24-26H,16-19H2,1H3/t24-,25+/m1/s1. The van der Waals surface area contributed by atoms with Crippen LogP contribution in [-0.2, 0) is 33.0 Å². The zero-order chi connectivity index (χ0) is 24.2. The lowest BCUT2D eigenvalue weighted by atomic mass is 10.1. The molecule has 1 aliphatic heterocycles. The molecular weight excluding hydrogens is 472 g/mol. The van der Waals surface area contributed by atoms with E-state index in [1.165, 1.54) is 23.5 Å². The Hall–Kier alpha value is -2.72. The van der Waals surface area contributed by atoms with Crippen molar-refractivity contribution in [3.63, 3.8) is 0 Å². The number of rotatable bonds is 9. The summed E-state index contributed by atoms with van der Waals surface area (Å²) in [5.41, 5.74) is 1.78. The van der Waals surface area contributed by atoms with E-state index in [9.17, 15) is 16.8 Å². The quantitative estimate of drug-likeness (QED) is 0.486. The third-order valence-corrected chi connectivity index (χ3v) is 9.55. The first-order valence-corrected chi connectivity index (χ1v) is 14.2. The highest BCUT2D eigenvalue weighted by molar-refractivity contribution is 7.92. The number of hydrogen-bond acceptors (Lipinski definition) is 6. The molecule has 180 valence electrons. The minimum absolute atomic E-state index is 0.0684. The summed E-state index contributed by atoms with van der Waals surface area (Å²) in [4.78, 5) is 0.0929. The first-order chi connectivity index (χ1) is 16.3. The van der Waals surface area contributed by atoms with Crippen molar-refractivity contribution in [1.82, 2.24) is 9.62 Å². The SMILES string of the molecule is COc1ccc(S(=O)(=O)N(Cc2ccccc2)[C@H]2CS(=O)(=O)C[C@H]2NCc2ccccc2)cc1. The Balaban J connectivity index is 1.69. The minimum atomic E-state index is -4.00. The van der Waals surface area contributed by atoms with Crippen molar-refractivity contribution >= 4 is 19.9 Å². The van der Waals surface area contributed by atoms with Gasteiger partial charge in [0.1, 0.15) is 5.75 Å². The maximum absolute atomic E-state index is 13.8. The fourth-order valence-electron chi connectivity index (χ4n) is 4.18. The van der Waals surface area contributed by atoms with Crippen LogP contribution in [0.25, 0.3) is 0 Å². The number of benzene rings is 3. The van der Waals surface area contributed by atoms with Gasteiger partial charge in [-0.25, -0.2) is 16.8 Å². The molecule has 2 atom stereocenters. The molecule has 1 heterocycles. The maximum Gasteiger partial charge on any atom is 0.243 e. The van der Waals surface area contributed by atoms with Gasteiger partial charge in [-0.15, -0.1) is 0 Å². The maximum atomic E-state index is 13.8. The van der Waals surface area contributed by atoms with Crippen LogP contribution in [0, 0.1) is 0 Å². The average Bonchev–Trinajstić information content (AvgIpc) is 3.16. The summed E-state index contributed by atoms with van der Waals surface area (Å²) >= 11 is 0. The topological polar surface area (TPSA) is 92.8 Å². The first-order valence-electron chi connectivity index (χ1n) is 11.0. The van der Waals surface area contributed by atoms with E-state index in [2.05, 4.69) is 5.32 Å². The van der Waals surface area contributed by atoms with Crippen LogP contribution >= 0.6 is 0 Å². The Labute approximate surface area is 201 Å². The van der Waals surface area contributed by atoms with Crippen LogP contribution in [0.15, 0.2) is 89.8 Å². The van der Waals surface area contributed by atoms with Crippen molar-refractivity contribution in [2.24, 2.45) is 0 Å². The molecule has 3 aromatic rings. The normalized spacial score (nSPS) is 19.8. The molecule has 0 unspecified atom stereocenters. The van der Waals surface area contributed by atoms with Crippen molar-refractivity contribution < 1.29 is 21.6 Å². The van der Waals surface area contributed by atoms with Crippen molar-refractivity contribution in [3.05, 3.63) is 96.1 Å². The fourth-order valence-corrected chi connectivity index (χ4v) is 7.88. The number of hydrogen-bond donors (Lipinski definition) is 1. The van der Waals surface area contributed by atoms with Gasteiger partial charge in [-0.05, 0) is 35.4 Å². The lowest BCUT2D eigenvalue weighted by Crippen LogP contribution is -2.51. The Morgan fingerprint density at radius 2 is 1.47 bits per heavy atom. The number of sulfone groups is 1. The molecule has 9 heteroatoms. The molecule has 1 N–H and O–H groups in total. The molecule has 0 aromatic heterocycles. The van der Waals surface area contributed by atoms with Gasteiger partial charge in [0, 0.05) is 19.1 Å². The highest BCUT2D eigenvalue weighted by Gasteiger charge is 2.45. The summed E-state index contributed by atoms with van der Waals surface area (Å²) in [6, 6.07) is 23.7. The van der Waals surface area contributed by atoms with Crippen LogP contribution in [0.3, 0.4) is 0 Å². The Kier molecular flexibility index (Phi) is 7.37. The molecule has 0 saturated carbocycles. The van der Waals surface area contributed by atoms with E-state index < -0.39 is 31.9 Å². The number of nitrogens with one attached hydrogen (secondary N) is 1. The number of nitrogens with zero attached hydrogens (tertiary/aromatic N) is 1. The molecule has 0 bridgehead atoms. The molecule has 0 aliphatic carbocycles. The molecule has 1 fully saturated rings. The molecular formula is C25H28N2O5S2. The van der Waals surface area contributed by atoms with Gasteiger partial charge in [0.15, 0.2) is 9.84 Å². The van der Waals surface area contributed by atoms with Gasteiger partial charge in [0.25, 0.3) is 0 Å². The molecule has 1 aliphatic rings. The van der Waals surface area contributed by atoms with Gasteiger partial charge in [0.05, 0.1) is 29.6 Å². The van der Waals surface area contributed by atoms with E-state index >= 15 is 0 Å². The molecule has 1 saturated heterocycles. The highest BCUT2D eigenvalue weighted by atomic mass is 32.2. The lowest BCUT2D eigenvalue weighted by Gasteiger charge is -2.32. The molecule has 7 nitrogen and oxygen atoms in total. The summed E-state index contributed by atoms with van der Waals surface area (Å²) in [7, 11) is -5.92. The second kappa shape index (κ2) is 10.3. The zero-order valence-corrected chi connectivity index (χ0v) is 20.5. The van der Waals surface area contributed by atoms with Gasteiger partial charge < -0.3 is 10.1 Å². The summed E-state index contributed by atoms with van der Waals surface area (Å²) in [6.45, 7) is 0.512. The van der Waals surface area contributed by atoms with E-state index in [-0.39, 0.29) is 22.9 Å². The van der Waals surface area contributed by atoms with Gasteiger partial charge in [-0.1, -0.05) is 60.7 Å². The third-order valence-electron chi connectivity index (χ3n) is 5.95. The predicted octanol–water partition coefficient (Wildman–Crippen LogP) is 2.84. The molecule has 0 amide bonds. The van der Waals surface area contributed by atoms with E-state index in [1.54, 1.807) is 12.1 Å². The van der Waals surface area contributed by atoms with E-state index in [0.717, 1.165) is 11.1 Å². The van der Waals surface area contributed by atoms with Crippen LogP contribution in [0.4, 0.5) is 0 Å². The van der Waals surface area contributed by atoms with Gasteiger partial charge in [0.2, 0.25) is 10.0 Å². The summed E-state index contributed by atoms with van der Waals surface area (Å²) in [5.74, 6) is 0.190. The first kappa shape index (κ1) is 24.4. The van der Waals surface area contributed by atoms with Gasteiger partial charge >= 0.3 is 0 Å². The van der Waals surface area contributed by atoms with Crippen LogP contribution in [0.1, 0.15) is 11.1 Å². The van der Waals surface area contributed by atoms with E-state index in [1.807, 2.05) is 60.7 Å². The molecule has 3 aromatic carbocycles. The fraction of sp³-hybridized carbons (Fsp3) is 0.280. The zero-order valence-electron chi connectivity index (χ0n) is 18.9. The van der Waals surface area contributed by atoms with E-state index in [0.29, 0.717) is 12.3 Å². The molecule has 0 spiro atoms. The predicted molar refractivity (Wildman–Crippen MR) is 132 cm³/mol. The van der Waals surface area contributed by atoms with E-state index in [4.69, 9.17) is 4.74 Å². The minimum Gasteiger partial charge on any atom is -0.497 e. The lowest BCUT2D eigenvalue weighted by molar-refractivity contribution is 0.286. The molecule has 0 radical (unpaired) electrons.